The van der Waals surface area contributed by atoms with Gasteiger partial charge in [-0.15, -0.1) is 0 Å². The van der Waals surface area contributed by atoms with Crippen molar-refractivity contribution < 1.29 is 13.6 Å². The van der Waals surface area contributed by atoms with E-state index < -0.39 is 17.7 Å². The number of hydrogen-bond acceptors (Lipinski definition) is 2. The van der Waals surface area contributed by atoms with Crippen LogP contribution < -0.4 is 0 Å². The maximum Gasteiger partial charge on any atom is 0.163 e. The van der Waals surface area contributed by atoms with Gasteiger partial charge in [-0.1, -0.05) is 11.2 Å². The van der Waals surface area contributed by atoms with Crippen LogP contribution in [-0.2, 0) is 4.84 Å². The van der Waals surface area contributed by atoms with E-state index in [9.17, 15) is 8.78 Å². The molecular formula is C9H6F2NO. The Morgan fingerprint density at radius 1 is 1.38 bits per heavy atom. The van der Waals surface area contributed by atoms with Gasteiger partial charge in [0.1, 0.15) is 17.8 Å². The lowest BCUT2D eigenvalue weighted by molar-refractivity contribution is 0.0800. The van der Waals surface area contributed by atoms with Crippen LogP contribution in [0.2, 0.25) is 0 Å². The smallest absolute Gasteiger partial charge is 0.163 e. The largest absolute Gasteiger partial charge is 0.387 e. The molecule has 0 saturated heterocycles. The van der Waals surface area contributed by atoms with Crippen LogP contribution in [0.15, 0.2) is 23.4 Å². The first kappa shape index (κ1) is 8.16. The average molecular weight is 182 g/mol. The minimum absolute atomic E-state index is 0.0729. The van der Waals surface area contributed by atoms with Gasteiger partial charge in [-0.3, -0.25) is 0 Å². The van der Waals surface area contributed by atoms with E-state index in [0.29, 0.717) is 0 Å². The first-order valence-corrected chi connectivity index (χ1v) is 3.81. The van der Waals surface area contributed by atoms with E-state index in [1.165, 1.54) is 18.2 Å². The van der Waals surface area contributed by atoms with Crippen molar-refractivity contribution in [2.45, 2.75) is 12.5 Å². The van der Waals surface area contributed by atoms with Crippen LogP contribution in [-0.4, -0.2) is 6.21 Å². The molecular weight excluding hydrogens is 176 g/mol. The highest BCUT2D eigenvalue weighted by Crippen LogP contribution is 2.28. The molecule has 0 N–H and O–H groups in total. The van der Waals surface area contributed by atoms with Crippen molar-refractivity contribution in [3.8, 4) is 0 Å². The third-order valence-corrected chi connectivity index (χ3v) is 1.84. The number of benzene rings is 1. The lowest BCUT2D eigenvalue weighted by Crippen LogP contribution is -2.02. The zero-order valence-electron chi connectivity index (χ0n) is 6.63. The molecule has 1 radical (unpaired) electrons. The van der Waals surface area contributed by atoms with Gasteiger partial charge >= 0.3 is 0 Å². The molecule has 0 spiro atoms. The Labute approximate surface area is 73.8 Å². The fourth-order valence-corrected chi connectivity index (χ4v) is 1.23. The van der Waals surface area contributed by atoms with Gasteiger partial charge in [0.25, 0.3) is 0 Å². The molecule has 1 aromatic rings. The van der Waals surface area contributed by atoms with E-state index in [2.05, 4.69) is 11.4 Å². The van der Waals surface area contributed by atoms with Gasteiger partial charge in [0.2, 0.25) is 0 Å². The van der Waals surface area contributed by atoms with Crippen LogP contribution in [0.25, 0.3) is 0 Å². The first-order valence-electron chi connectivity index (χ1n) is 3.81. The number of halogens is 2. The van der Waals surface area contributed by atoms with Crippen LogP contribution >= 0.6 is 0 Å². The molecule has 1 aromatic carbocycles. The molecule has 0 aliphatic carbocycles. The van der Waals surface area contributed by atoms with Crippen molar-refractivity contribution in [3.05, 3.63) is 35.4 Å². The zero-order valence-corrected chi connectivity index (χ0v) is 6.63. The van der Waals surface area contributed by atoms with Crippen LogP contribution in [0.3, 0.4) is 0 Å². The third kappa shape index (κ3) is 1.39. The predicted molar refractivity (Wildman–Crippen MR) is 42.2 cm³/mol. The molecule has 1 aliphatic rings. The minimum Gasteiger partial charge on any atom is -0.387 e. The van der Waals surface area contributed by atoms with Crippen molar-refractivity contribution in [2.24, 2.45) is 5.16 Å². The molecule has 2 nitrogen and oxygen atoms in total. The van der Waals surface area contributed by atoms with Gasteiger partial charge in [0, 0.05) is 6.42 Å². The standard InChI is InChI=1S/C9H6F2NO/c10-6-2-1-3-7(11)9(6)8-4-5-12-13-8/h1-3,8H,4H2. The summed E-state index contributed by atoms with van der Waals surface area (Å²) in [5.41, 5.74) is -0.0729. The molecule has 1 aliphatic heterocycles. The second-order valence-electron chi connectivity index (χ2n) is 2.68. The molecule has 4 heteroatoms. The Hall–Kier alpha value is -1.45. The summed E-state index contributed by atoms with van der Waals surface area (Å²) in [6, 6.07) is 3.70. The molecule has 67 valence electrons. The van der Waals surface area contributed by atoms with E-state index in [-0.39, 0.29) is 12.0 Å². The Bertz CT molecular complexity index is 323. The predicted octanol–water partition coefficient (Wildman–Crippen LogP) is 2.29. The van der Waals surface area contributed by atoms with E-state index >= 15 is 0 Å². The highest BCUT2D eigenvalue weighted by atomic mass is 19.1. The van der Waals surface area contributed by atoms with E-state index in [0.717, 1.165) is 0 Å². The highest BCUT2D eigenvalue weighted by Gasteiger charge is 2.23. The summed E-state index contributed by atoms with van der Waals surface area (Å²) in [6.45, 7) is 0. The van der Waals surface area contributed by atoms with Crippen molar-refractivity contribution >= 4 is 6.21 Å². The number of hydrogen-bond donors (Lipinski definition) is 0. The summed E-state index contributed by atoms with van der Waals surface area (Å²) < 4.78 is 26.2. The summed E-state index contributed by atoms with van der Waals surface area (Å²) in [6.07, 6.45) is 2.12. The third-order valence-electron chi connectivity index (χ3n) is 1.84. The summed E-state index contributed by atoms with van der Waals surface area (Å²) in [5.74, 6) is -1.21. The molecule has 2 rings (SSSR count). The molecule has 1 heterocycles. The van der Waals surface area contributed by atoms with Gasteiger partial charge in [-0.05, 0) is 12.1 Å². The van der Waals surface area contributed by atoms with Gasteiger partial charge < -0.3 is 4.84 Å². The topological polar surface area (TPSA) is 21.6 Å². The van der Waals surface area contributed by atoms with Gasteiger partial charge in [-0.2, -0.15) is 0 Å². The summed E-state index contributed by atoms with van der Waals surface area (Å²) in [4.78, 5) is 4.73. The van der Waals surface area contributed by atoms with Crippen LogP contribution in [0.4, 0.5) is 8.78 Å². The quantitative estimate of drug-likeness (QED) is 0.652. The second-order valence-corrected chi connectivity index (χ2v) is 2.68. The SMILES string of the molecule is Fc1cccc(F)c1C1C[C]=NO1. The first-order chi connectivity index (χ1) is 6.29. The van der Waals surface area contributed by atoms with E-state index in [4.69, 9.17) is 4.84 Å². The zero-order chi connectivity index (χ0) is 9.26. The van der Waals surface area contributed by atoms with Crippen molar-refractivity contribution in [1.82, 2.24) is 0 Å². The maximum atomic E-state index is 13.1. The lowest BCUT2D eigenvalue weighted by Gasteiger charge is -2.09. The lowest BCUT2D eigenvalue weighted by atomic mass is 10.1. The van der Waals surface area contributed by atoms with Crippen LogP contribution in [0, 0.1) is 11.6 Å². The molecule has 1 atom stereocenters. The fraction of sp³-hybridized carbons (Fsp3) is 0.222. The monoisotopic (exact) mass is 182 g/mol. The number of rotatable bonds is 1. The summed E-state index contributed by atoms with van der Waals surface area (Å²) in [7, 11) is 0. The van der Waals surface area contributed by atoms with Crippen molar-refractivity contribution in [1.29, 1.82) is 0 Å². The Balaban J connectivity index is 2.38. The molecule has 13 heavy (non-hydrogen) atoms. The maximum absolute atomic E-state index is 13.1. The van der Waals surface area contributed by atoms with Crippen LogP contribution in [0.1, 0.15) is 18.1 Å². The van der Waals surface area contributed by atoms with Gasteiger partial charge in [0.15, 0.2) is 6.10 Å². The molecule has 0 saturated carbocycles. The summed E-state index contributed by atoms with van der Waals surface area (Å²) >= 11 is 0. The minimum atomic E-state index is -0.666. The van der Waals surface area contributed by atoms with E-state index in [1.54, 1.807) is 0 Å². The molecule has 0 bridgehead atoms. The van der Waals surface area contributed by atoms with Crippen molar-refractivity contribution in [3.63, 3.8) is 0 Å². The Kier molecular flexibility index (Phi) is 1.96. The molecule has 0 amide bonds. The molecule has 1 unspecified atom stereocenters. The number of nitrogens with zero attached hydrogens (tertiary/aromatic N) is 1. The second kappa shape index (κ2) is 3.12. The highest BCUT2D eigenvalue weighted by molar-refractivity contribution is 5.59. The Morgan fingerprint density at radius 3 is 2.62 bits per heavy atom. The summed E-state index contributed by atoms with van der Waals surface area (Å²) in [5, 5.41) is 3.34. The molecule has 0 fully saturated rings. The molecule has 0 aromatic heterocycles. The normalized spacial score (nSPS) is 20.3. The van der Waals surface area contributed by atoms with Crippen LogP contribution in [0.5, 0.6) is 0 Å². The Morgan fingerprint density at radius 2 is 2.08 bits per heavy atom. The van der Waals surface area contributed by atoms with Gasteiger partial charge in [0.05, 0.1) is 5.56 Å². The van der Waals surface area contributed by atoms with Crippen molar-refractivity contribution in [2.75, 3.05) is 0 Å². The van der Waals surface area contributed by atoms with Gasteiger partial charge in [-0.25, -0.2) is 8.78 Å². The fourth-order valence-electron chi connectivity index (χ4n) is 1.23. The van der Waals surface area contributed by atoms with E-state index in [1.807, 2.05) is 0 Å². The average Bonchev–Trinajstić information content (AvgIpc) is 2.57.